The summed E-state index contributed by atoms with van der Waals surface area (Å²) in [5.41, 5.74) is 3.46. The van der Waals surface area contributed by atoms with Crippen molar-refractivity contribution in [3.05, 3.63) is 71.2 Å². The lowest BCUT2D eigenvalue weighted by atomic mass is 10.1. The molecule has 1 aromatic heterocycles. The van der Waals surface area contributed by atoms with Crippen LogP contribution in [0, 0.1) is 12.7 Å². The number of carbonyl (C=O) groups excluding carboxylic acids is 2. The normalized spacial score (nSPS) is 13.2. The van der Waals surface area contributed by atoms with Crippen molar-refractivity contribution in [2.45, 2.75) is 33.4 Å². The topological polar surface area (TPSA) is 90.5 Å². The number of halogens is 1. The molecule has 1 aliphatic rings. The van der Waals surface area contributed by atoms with Crippen LogP contribution in [0.5, 0.6) is 0 Å². The highest BCUT2D eigenvalue weighted by Gasteiger charge is 2.32. The summed E-state index contributed by atoms with van der Waals surface area (Å²) in [4.78, 5) is 37.5. The van der Waals surface area contributed by atoms with Gasteiger partial charge in [0, 0.05) is 30.9 Å². The fraction of sp³-hybridized carbons (Fsp3) is 0.280. The van der Waals surface area contributed by atoms with Crippen molar-refractivity contribution in [3.63, 3.8) is 0 Å². The van der Waals surface area contributed by atoms with Gasteiger partial charge in [0.1, 0.15) is 11.5 Å². The van der Waals surface area contributed by atoms with Gasteiger partial charge in [-0.2, -0.15) is 4.98 Å². The van der Waals surface area contributed by atoms with Crippen LogP contribution in [0.2, 0.25) is 0 Å². The lowest BCUT2D eigenvalue weighted by Crippen LogP contribution is -2.47. The lowest BCUT2D eigenvalue weighted by molar-refractivity contribution is -0.117. The van der Waals surface area contributed by atoms with E-state index in [-0.39, 0.29) is 30.2 Å². The molecule has 9 heteroatoms. The summed E-state index contributed by atoms with van der Waals surface area (Å²) in [7, 11) is 1.75. The molecule has 2 amide bonds. The summed E-state index contributed by atoms with van der Waals surface area (Å²) in [6, 6.07) is 12.9. The smallest absolute Gasteiger partial charge is 0.255 e. The summed E-state index contributed by atoms with van der Waals surface area (Å²) in [5.74, 6) is 0.551. The predicted octanol–water partition coefficient (Wildman–Crippen LogP) is 3.98. The number of aromatic nitrogens is 2. The second kappa shape index (κ2) is 9.46. The fourth-order valence-electron chi connectivity index (χ4n) is 3.79. The fourth-order valence-corrected chi connectivity index (χ4v) is 3.79. The third kappa shape index (κ3) is 4.83. The molecule has 0 saturated heterocycles. The first kappa shape index (κ1) is 23.2. The van der Waals surface area contributed by atoms with Gasteiger partial charge in [-0.1, -0.05) is 12.1 Å². The number of rotatable bonds is 6. The number of amides is 2. The van der Waals surface area contributed by atoms with Crippen molar-refractivity contribution >= 4 is 35.0 Å². The molecule has 2 aromatic carbocycles. The Hall–Kier alpha value is -4.01. The maximum Gasteiger partial charge on any atom is 0.255 e. The van der Waals surface area contributed by atoms with Crippen molar-refractivity contribution in [2.24, 2.45) is 0 Å². The maximum absolute atomic E-state index is 13.0. The summed E-state index contributed by atoms with van der Waals surface area (Å²) >= 11 is 0. The van der Waals surface area contributed by atoms with Gasteiger partial charge < -0.3 is 20.4 Å². The largest absolute Gasteiger partial charge is 0.350 e. The predicted molar refractivity (Wildman–Crippen MR) is 131 cm³/mol. The van der Waals surface area contributed by atoms with Crippen LogP contribution in [0.1, 0.15) is 35.5 Å². The number of nitrogens with one attached hydrogen (secondary N) is 2. The monoisotopic (exact) mass is 462 g/mol. The Morgan fingerprint density at radius 1 is 1.09 bits per heavy atom. The zero-order chi connectivity index (χ0) is 24.4. The average Bonchev–Trinajstić information content (AvgIpc) is 2.81. The van der Waals surface area contributed by atoms with Crippen LogP contribution in [-0.2, 0) is 11.3 Å². The van der Waals surface area contributed by atoms with E-state index in [0.717, 1.165) is 22.8 Å². The summed E-state index contributed by atoms with van der Waals surface area (Å²) in [6.07, 6.45) is 0. The highest BCUT2D eigenvalue weighted by molar-refractivity contribution is 6.04. The number of likely N-dealkylation sites (N-methyl/N-ethyl adjacent to an activating group) is 1. The molecule has 0 unspecified atom stereocenters. The maximum atomic E-state index is 13.0. The van der Waals surface area contributed by atoms with Gasteiger partial charge in [0.05, 0.1) is 12.2 Å². The Labute approximate surface area is 197 Å². The number of anilines is 4. The zero-order valence-electron chi connectivity index (χ0n) is 19.6. The van der Waals surface area contributed by atoms with E-state index in [1.807, 2.05) is 37.8 Å². The van der Waals surface area contributed by atoms with E-state index in [2.05, 4.69) is 15.6 Å². The molecule has 4 rings (SSSR count). The molecule has 0 atom stereocenters. The molecule has 8 nitrogen and oxygen atoms in total. The van der Waals surface area contributed by atoms with Crippen LogP contribution >= 0.6 is 0 Å². The van der Waals surface area contributed by atoms with E-state index in [9.17, 15) is 14.0 Å². The van der Waals surface area contributed by atoms with Gasteiger partial charge in [0.15, 0.2) is 5.82 Å². The van der Waals surface area contributed by atoms with E-state index in [4.69, 9.17) is 4.98 Å². The number of hydrogen-bond donors (Lipinski definition) is 2. The van der Waals surface area contributed by atoms with Crippen LogP contribution < -0.4 is 20.4 Å². The molecule has 0 saturated carbocycles. The van der Waals surface area contributed by atoms with Gasteiger partial charge in [-0.15, -0.1) is 0 Å². The van der Waals surface area contributed by atoms with Crippen molar-refractivity contribution in [1.82, 2.24) is 9.97 Å². The van der Waals surface area contributed by atoms with E-state index in [1.165, 1.54) is 24.3 Å². The van der Waals surface area contributed by atoms with Gasteiger partial charge in [-0.05, 0) is 62.7 Å². The molecule has 1 aliphatic heterocycles. The highest BCUT2D eigenvalue weighted by atomic mass is 19.1. The van der Waals surface area contributed by atoms with Gasteiger partial charge in [-0.3, -0.25) is 9.59 Å². The van der Waals surface area contributed by atoms with Crippen LogP contribution in [0.3, 0.4) is 0 Å². The molecule has 34 heavy (non-hydrogen) atoms. The molecule has 3 aromatic rings. The van der Waals surface area contributed by atoms with Gasteiger partial charge >= 0.3 is 0 Å². The number of fused-ring (bicyclic) bond motifs is 1. The Kier molecular flexibility index (Phi) is 6.45. The number of nitrogens with zero attached hydrogens (tertiary/aromatic N) is 4. The molecule has 176 valence electrons. The Balaban J connectivity index is 1.44. The van der Waals surface area contributed by atoms with Crippen molar-refractivity contribution in [1.29, 1.82) is 0 Å². The number of benzene rings is 2. The van der Waals surface area contributed by atoms with Crippen molar-refractivity contribution < 1.29 is 14.0 Å². The molecular weight excluding hydrogens is 435 g/mol. The van der Waals surface area contributed by atoms with Crippen LogP contribution in [0.25, 0.3) is 0 Å². The first-order valence-electron chi connectivity index (χ1n) is 11.0. The summed E-state index contributed by atoms with van der Waals surface area (Å²) in [6.45, 7) is 6.70. The molecule has 2 N–H and O–H groups in total. The number of carbonyl (C=O) groups is 2. The quantitative estimate of drug-likeness (QED) is 0.576. The second-order valence-electron chi connectivity index (χ2n) is 8.49. The third-order valence-corrected chi connectivity index (χ3v) is 5.72. The standard InChI is InChI=1S/C25H27FN6O2/c1-15(2)32-14-21(33)31(4)22-16(3)28-25(30-23(22)32)27-13-17-5-11-20(12-6-17)29-24(34)18-7-9-19(26)10-8-18/h5-12,15H,13-14H2,1-4H3,(H,29,34)(H,27,28,30). The van der Waals surface area contributed by atoms with Gasteiger partial charge in [-0.25, -0.2) is 9.37 Å². The number of aryl methyl sites for hydroxylation is 1. The SMILES string of the molecule is Cc1nc(NCc2ccc(NC(=O)c3ccc(F)cc3)cc2)nc2c1N(C)C(=O)CN2C(C)C. The second-order valence-corrected chi connectivity index (χ2v) is 8.49. The third-order valence-electron chi connectivity index (χ3n) is 5.72. The minimum absolute atomic E-state index is 0.0141. The minimum Gasteiger partial charge on any atom is -0.350 e. The number of hydrogen-bond acceptors (Lipinski definition) is 6. The summed E-state index contributed by atoms with van der Waals surface area (Å²) < 4.78 is 13.0. The molecule has 0 aliphatic carbocycles. The molecule has 0 spiro atoms. The Morgan fingerprint density at radius 3 is 2.41 bits per heavy atom. The Bertz CT molecular complexity index is 1210. The zero-order valence-corrected chi connectivity index (χ0v) is 19.6. The van der Waals surface area contributed by atoms with Crippen LogP contribution in [0.15, 0.2) is 48.5 Å². The molecule has 0 radical (unpaired) electrons. The van der Waals surface area contributed by atoms with Gasteiger partial charge in [0.2, 0.25) is 11.9 Å². The first-order chi connectivity index (χ1) is 16.2. The average molecular weight is 463 g/mol. The minimum atomic E-state index is -0.385. The molecule has 0 bridgehead atoms. The highest BCUT2D eigenvalue weighted by Crippen LogP contribution is 2.35. The van der Waals surface area contributed by atoms with Crippen molar-refractivity contribution in [2.75, 3.05) is 34.0 Å². The summed E-state index contributed by atoms with van der Waals surface area (Å²) in [5, 5.41) is 6.05. The molecule has 0 fully saturated rings. The van der Waals surface area contributed by atoms with Crippen molar-refractivity contribution in [3.8, 4) is 0 Å². The molecule has 2 heterocycles. The lowest BCUT2D eigenvalue weighted by Gasteiger charge is -2.37. The Morgan fingerprint density at radius 2 is 1.76 bits per heavy atom. The van der Waals surface area contributed by atoms with Crippen LogP contribution in [-0.4, -0.2) is 41.4 Å². The van der Waals surface area contributed by atoms with E-state index in [1.54, 1.807) is 24.1 Å². The molecular formula is C25H27FN6O2. The van der Waals surface area contributed by atoms with Crippen LogP contribution in [0.4, 0.5) is 27.5 Å². The first-order valence-corrected chi connectivity index (χ1v) is 11.0. The van der Waals surface area contributed by atoms with E-state index in [0.29, 0.717) is 23.7 Å². The van der Waals surface area contributed by atoms with E-state index < -0.39 is 0 Å². The van der Waals surface area contributed by atoms with Gasteiger partial charge in [0.25, 0.3) is 5.91 Å². The van der Waals surface area contributed by atoms with E-state index >= 15 is 0 Å².